The van der Waals surface area contributed by atoms with E-state index < -0.39 is 24.3 Å². The number of benzene rings is 1. The number of aromatic nitrogens is 1. The van der Waals surface area contributed by atoms with Crippen LogP contribution in [0.5, 0.6) is 5.75 Å². The molecule has 2 aromatic rings. The van der Waals surface area contributed by atoms with Gasteiger partial charge in [-0.1, -0.05) is 29.5 Å². The molecule has 32 heavy (non-hydrogen) atoms. The molecule has 0 spiro atoms. The van der Waals surface area contributed by atoms with Crippen LogP contribution in [0.25, 0.3) is 0 Å². The quantitative estimate of drug-likeness (QED) is 0.654. The average molecular weight is 473 g/mol. The van der Waals surface area contributed by atoms with Gasteiger partial charge in [0.25, 0.3) is 0 Å². The fraction of sp³-hybridized carbons (Fsp3) is 0.455. The van der Waals surface area contributed by atoms with Crippen molar-refractivity contribution in [2.45, 2.75) is 22.6 Å². The summed E-state index contributed by atoms with van der Waals surface area (Å²) in [7, 11) is 1.62. The minimum atomic E-state index is -1.18. The molecule has 2 aliphatic carbocycles. The zero-order valence-corrected chi connectivity index (χ0v) is 18.7. The first-order valence-electron chi connectivity index (χ1n) is 10.5. The number of ether oxygens (including phenoxy) is 1. The summed E-state index contributed by atoms with van der Waals surface area (Å²) in [5.41, 5.74) is 0.977. The highest BCUT2D eigenvalue weighted by molar-refractivity contribution is 8.00. The lowest BCUT2D eigenvalue weighted by molar-refractivity contribution is -0.149. The van der Waals surface area contributed by atoms with Crippen LogP contribution in [0.15, 0.2) is 34.1 Å². The Bertz CT molecular complexity index is 1220. The molecule has 8 nitrogen and oxygen atoms in total. The Morgan fingerprint density at radius 2 is 1.91 bits per heavy atom. The fourth-order valence-electron chi connectivity index (χ4n) is 6.64. The Morgan fingerprint density at radius 1 is 1.19 bits per heavy atom. The number of hydrogen-bond acceptors (Lipinski definition) is 7. The second-order valence-corrected chi connectivity index (χ2v) is 11.1. The minimum Gasteiger partial charge on any atom is -0.496 e. The van der Waals surface area contributed by atoms with Crippen LogP contribution in [0.3, 0.4) is 0 Å². The monoisotopic (exact) mass is 472 g/mol. The normalized spacial score (nSPS) is 34.4. The van der Waals surface area contributed by atoms with Crippen LogP contribution >= 0.6 is 23.1 Å². The number of aliphatic carboxylic acids is 1. The summed E-state index contributed by atoms with van der Waals surface area (Å²) in [5, 5.41) is 10.1. The van der Waals surface area contributed by atoms with Crippen molar-refractivity contribution in [2.24, 2.45) is 29.6 Å². The smallest absolute Gasteiger partial charge is 0.323 e. The third kappa shape index (κ3) is 2.56. The van der Waals surface area contributed by atoms with E-state index in [2.05, 4.69) is 4.98 Å². The van der Waals surface area contributed by atoms with Crippen molar-refractivity contribution in [3.63, 3.8) is 0 Å². The molecule has 2 saturated carbocycles. The van der Waals surface area contributed by atoms with E-state index >= 15 is 0 Å². The lowest BCUT2D eigenvalue weighted by Gasteiger charge is -2.43. The van der Waals surface area contributed by atoms with Gasteiger partial charge in [-0.2, -0.15) is 0 Å². The number of methoxy groups -OCH3 is 1. The molecule has 2 amide bonds. The van der Waals surface area contributed by atoms with Crippen molar-refractivity contribution < 1.29 is 24.2 Å². The molecule has 1 aromatic carbocycles. The summed E-state index contributed by atoms with van der Waals surface area (Å²) in [6.07, 6.45) is 0.765. The highest BCUT2D eigenvalue weighted by atomic mass is 32.2. The molecule has 0 radical (unpaired) electrons. The molecule has 2 bridgehead atoms. The maximum atomic E-state index is 13.2. The van der Waals surface area contributed by atoms with Crippen molar-refractivity contribution in [3.05, 3.63) is 44.4 Å². The molecule has 166 valence electrons. The molecule has 0 unspecified atom stereocenters. The summed E-state index contributed by atoms with van der Waals surface area (Å²) in [6.45, 7) is -0.580. The van der Waals surface area contributed by atoms with E-state index in [1.807, 2.05) is 24.3 Å². The number of fused-ring (bicyclic) bond motifs is 9. The number of carboxylic acids is 1. The lowest BCUT2D eigenvalue weighted by Crippen LogP contribution is -2.42. The van der Waals surface area contributed by atoms with Crippen LogP contribution in [-0.2, 0) is 14.4 Å². The predicted octanol–water partition coefficient (Wildman–Crippen LogP) is 2.00. The van der Waals surface area contributed by atoms with Gasteiger partial charge < -0.3 is 14.8 Å². The number of H-pyrrole nitrogens is 1. The first kappa shape index (κ1) is 20.0. The standard InChI is InChI=1S/C22H20N2O6S2/c1-30-11-5-3-2-4-8(11)13-14-9-6-10(17(14)31-19-18(13)32-22(29)23-19)16-15(9)20(27)24(21(16)28)7-12(25)26/h2-5,9-10,13-17H,6-7H2,1H3,(H,23,29)(H,25,26)/t9-,10+,13-,14+,15+,16+,17+/m0/s1. The van der Waals surface area contributed by atoms with Crippen molar-refractivity contribution in [1.29, 1.82) is 0 Å². The number of hydrogen-bond donors (Lipinski definition) is 2. The summed E-state index contributed by atoms with van der Waals surface area (Å²) in [6, 6.07) is 7.75. The van der Waals surface area contributed by atoms with Gasteiger partial charge in [0.05, 0.1) is 24.0 Å². The van der Waals surface area contributed by atoms with Crippen molar-refractivity contribution >= 4 is 40.9 Å². The number of likely N-dealkylation sites (tertiary alicyclic amines) is 1. The van der Waals surface area contributed by atoms with Crippen LogP contribution in [-0.4, -0.2) is 51.7 Å². The van der Waals surface area contributed by atoms with Gasteiger partial charge in [-0.05, 0) is 30.2 Å². The second-order valence-electron chi connectivity index (χ2n) is 8.86. The van der Waals surface area contributed by atoms with Gasteiger partial charge in [0.1, 0.15) is 12.3 Å². The number of thioether (sulfide) groups is 1. The number of nitrogens with one attached hydrogen (secondary N) is 1. The molecule has 3 fully saturated rings. The predicted molar refractivity (Wildman–Crippen MR) is 116 cm³/mol. The van der Waals surface area contributed by atoms with Crippen LogP contribution in [0.2, 0.25) is 0 Å². The number of carbonyl (C=O) groups is 3. The number of carboxylic acid groups (broad SMARTS) is 1. The van der Waals surface area contributed by atoms with E-state index in [0.29, 0.717) is 0 Å². The van der Waals surface area contributed by atoms with E-state index in [4.69, 9.17) is 4.74 Å². The fourth-order valence-corrected chi connectivity index (χ4v) is 9.52. The molecule has 2 N–H and O–H groups in total. The lowest BCUT2D eigenvalue weighted by atomic mass is 9.68. The number of rotatable bonds is 4. The Kier molecular flexibility index (Phi) is 4.36. The number of nitrogens with zero attached hydrogens (tertiary/aromatic N) is 1. The van der Waals surface area contributed by atoms with Crippen molar-refractivity contribution in [3.8, 4) is 5.75 Å². The van der Waals surface area contributed by atoms with Crippen LogP contribution in [0.4, 0.5) is 0 Å². The third-order valence-electron chi connectivity index (χ3n) is 7.58. The maximum absolute atomic E-state index is 13.2. The van der Waals surface area contributed by atoms with Gasteiger partial charge in [-0.15, -0.1) is 11.8 Å². The topological polar surface area (TPSA) is 117 Å². The molecule has 6 rings (SSSR count). The molecule has 4 aliphatic rings. The van der Waals surface area contributed by atoms with Crippen molar-refractivity contribution in [1.82, 2.24) is 9.88 Å². The maximum Gasteiger partial charge on any atom is 0.323 e. The van der Waals surface area contributed by atoms with Gasteiger partial charge in [-0.3, -0.25) is 24.1 Å². The highest BCUT2D eigenvalue weighted by Crippen LogP contribution is 2.68. The van der Waals surface area contributed by atoms with Crippen LogP contribution in [0, 0.1) is 29.6 Å². The number of imide groups is 1. The Labute approximate surface area is 191 Å². The number of carbonyl (C=O) groups excluding carboxylic acids is 2. The summed E-state index contributed by atoms with van der Waals surface area (Å²) >= 11 is 2.80. The molecule has 3 heterocycles. The van der Waals surface area contributed by atoms with E-state index in [0.717, 1.165) is 32.5 Å². The van der Waals surface area contributed by atoms with Crippen LogP contribution in [0.1, 0.15) is 22.8 Å². The average Bonchev–Trinajstić information content (AvgIpc) is 3.49. The minimum absolute atomic E-state index is 0.0241. The Balaban J connectivity index is 1.47. The van der Waals surface area contributed by atoms with E-state index in [1.165, 1.54) is 11.3 Å². The number of thiazole rings is 1. The first-order valence-corrected chi connectivity index (χ1v) is 12.2. The van der Waals surface area contributed by atoms with E-state index in [-0.39, 0.29) is 45.6 Å². The Hall–Kier alpha value is -2.59. The SMILES string of the molecule is COc1ccccc1[C@@H]1c2sc(=O)[nH]c2S[C@@H]2[C@@H]3C[C@H]([C@H]4C(=O)N(CC(=O)O)C(=O)[C@H]34)[C@H]12. The summed E-state index contributed by atoms with van der Waals surface area (Å²) in [5.74, 6) is -2.24. The zero-order chi connectivity index (χ0) is 22.3. The van der Waals surface area contributed by atoms with Gasteiger partial charge in [0.15, 0.2) is 0 Å². The molecule has 7 atom stereocenters. The van der Waals surface area contributed by atoms with E-state index in [1.54, 1.807) is 18.9 Å². The van der Waals surface area contributed by atoms with Gasteiger partial charge >= 0.3 is 10.8 Å². The molecular weight excluding hydrogens is 452 g/mol. The molecular formula is C22H20N2O6S2. The van der Waals surface area contributed by atoms with Crippen molar-refractivity contribution in [2.75, 3.05) is 13.7 Å². The number of amides is 2. The van der Waals surface area contributed by atoms with Gasteiger partial charge in [0, 0.05) is 21.6 Å². The zero-order valence-electron chi connectivity index (χ0n) is 17.0. The second kappa shape index (κ2) is 6.95. The first-order chi connectivity index (χ1) is 15.4. The largest absolute Gasteiger partial charge is 0.496 e. The Morgan fingerprint density at radius 3 is 2.62 bits per heavy atom. The number of aromatic amines is 1. The summed E-state index contributed by atoms with van der Waals surface area (Å²) in [4.78, 5) is 54.5. The molecule has 10 heteroatoms. The highest BCUT2D eigenvalue weighted by Gasteiger charge is 2.69. The van der Waals surface area contributed by atoms with E-state index in [9.17, 15) is 24.3 Å². The third-order valence-corrected chi connectivity index (χ3v) is 10.2. The summed E-state index contributed by atoms with van der Waals surface area (Å²) < 4.78 is 5.65. The van der Waals surface area contributed by atoms with Gasteiger partial charge in [0.2, 0.25) is 11.8 Å². The number of para-hydroxylation sites is 1. The van der Waals surface area contributed by atoms with Crippen LogP contribution < -0.4 is 9.61 Å². The molecule has 1 saturated heterocycles. The van der Waals surface area contributed by atoms with Gasteiger partial charge in [-0.25, -0.2) is 0 Å². The molecule has 1 aromatic heterocycles. The molecule has 2 aliphatic heterocycles.